The minimum Gasteiger partial charge on any atom is -0.393 e. The number of rotatable bonds is 12. The number of ether oxygens (including phenoxy) is 1. The number of carbonyl (C=O) groups is 2. The number of hydrogen-bond acceptors (Lipinski definition) is 8. The molecule has 1 aliphatic rings. The molecule has 1 aromatic heterocycles. The Kier molecular flexibility index (Phi) is 11.9. The van der Waals surface area contributed by atoms with E-state index >= 15 is 0 Å². The topological polar surface area (TPSA) is 143 Å². The second kappa shape index (κ2) is 15.1. The third kappa shape index (κ3) is 7.88. The van der Waals surface area contributed by atoms with Crippen molar-refractivity contribution in [3.63, 3.8) is 0 Å². The van der Waals surface area contributed by atoms with Gasteiger partial charge in [-0.25, -0.2) is 9.78 Å². The molecule has 0 spiro atoms. The predicted octanol–water partition coefficient (Wildman–Crippen LogP) is 3.84. The molecule has 38 heavy (non-hydrogen) atoms. The van der Waals surface area contributed by atoms with Gasteiger partial charge in [0.25, 0.3) is 0 Å². The molecular formula is C28H37N7O3. The normalized spacial score (nSPS) is 14.4. The maximum atomic E-state index is 13.3. The number of hydrogen-bond donors (Lipinski definition) is 4. The van der Waals surface area contributed by atoms with Crippen molar-refractivity contribution >= 4 is 29.4 Å². The van der Waals surface area contributed by atoms with E-state index in [9.17, 15) is 14.9 Å². The van der Waals surface area contributed by atoms with Crippen molar-refractivity contribution < 1.29 is 14.3 Å². The van der Waals surface area contributed by atoms with Crippen molar-refractivity contribution in [1.82, 2.24) is 20.9 Å². The minimum atomic E-state index is -0.384. The van der Waals surface area contributed by atoms with E-state index < -0.39 is 0 Å². The molecule has 0 radical (unpaired) electrons. The molecule has 0 unspecified atom stereocenters. The molecule has 0 saturated heterocycles. The van der Waals surface area contributed by atoms with Gasteiger partial charge in [0.05, 0.1) is 17.9 Å². The van der Waals surface area contributed by atoms with Crippen LogP contribution >= 0.6 is 0 Å². The fourth-order valence-electron chi connectivity index (χ4n) is 3.97. The van der Waals surface area contributed by atoms with Crippen molar-refractivity contribution in [2.24, 2.45) is 0 Å². The highest BCUT2D eigenvalue weighted by Gasteiger charge is 2.27. The van der Waals surface area contributed by atoms with Gasteiger partial charge in [0.2, 0.25) is 0 Å². The summed E-state index contributed by atoms with van der Waals surface area (Å²) in [5.41, 5.74) is 3.96. The molecule has 0 saturated carbocycles. The van der Waals surface area contributed by atoms with Crippen LogP contribution in [0.3, 0.4) is 0 Å². The lowest BCUT2D eigenvalue weighted by Crippen LogP contribution is -2.43. The Labute approximate surface area is 224 Å². The number of urea groups is 1. The van der Waals surface area contributed by atoms with Crippen LogP contribution in [0, 0.1) is 16.7 Å². The van der Waals surface area contributed by atoms with E-state index in [0.29, 0.717) is 72.0 Å². The molecule has 2 rings (SSSR count). The first-order valence-electron chi connectivity index (χ1n) is 12.5. The van der Waals surface area contributed by atoms with Crippen molar-refractivity contribution in [2.45, 2.75) is 40.0 Å². The quantitative estimate of drug-likeness (QED) is 0.108. The molecule has 0 bridgehead atoms. The Morgan fingerprint density at radius 2 is 2.13 bits per heavy atom. The van der Waals surface area contributed by atoms with Crippen LogP contribution in [-0.2, 0) is 11.2 Å². The monoisotopic (exact) mass is 519 g/mol. The Balaban J connectivity index is 2.40. The van der Waals surface area contributed by atoms with Gasteiger partial charge in [-0.3, -0.25) is 9.69 Å². The number of nitrogens with one attached hydrogen (secondary N) is 4. The largest absolute Gasteiger partial charge is 0.393 e. The number of anilines is 1. The van der Waals surface area contributed by atoms with Crippen LogP contribution in [0.1, 0.15) is 55.2 Å². The average Bonchev–Trinajstić information content (AvgIpc) is 2.90. The molecule has 2 amide bonds. The first-order chi connectivity index (χ1) is 18.3. The smallest absolute Gasteiger partial charge is 0.327 e. The number of aldehydes is 1. The number of nitrogens with zero attached hydrogens (tertiary/aromatic N) is 3. The number of aromatic nitrogens is 1. The number of carbonyl (C=O) groups excluding carboxylic acids is 2. The van der Waals surface area contributed by atoms with Crippen LogP contribution in [0.4, 0.5) is 10.6 Å². The molecule has 1 aliphatic heterocycles. The lowest BCUT2D eigenvalue weighted by molar-refractivity contribution is 0.111. The van der Waals surface area contributed by atoms with E-state index in [-0.39, 0.29) is 11.7 Å². The molecule has 1 aromatic rings. The summed E-state index contributed by atoms with van der Waals surface area (Å²) in [5, 5.41) is 26.8. The van der Waals surface area contributed by atoms with Gasteiger partial charge in [-0.15, -0.1) is 0 Å². The van der Waals surface area contributed by atoms with Gasteiger partial charge in [-0.05, 0) is 56.9 Å². The number of fused-ring (bicyclic) bond motifs is 1. The van der Waals surface area contributed by atoms with Crippen LogP contribution in [-0.4, -0.2) is 56.9 Å². The summed E-state index contributed by atoms with van der Waals surface area (Å²) >= 11 is 0. The molecule has 2 heterocycles. The lowest BCUT2D eigenvalue weighted by atomic mass is 9.96. The number of aryl methyl sites for hydroxylation is 1. The third-order valence-corrected chi connectivity index (χ3v) is 5.75. The second-order valence-corrected chi connectivity index (χ2v) is 8.68. The van der Waals surface area contributed by atoms with Crippen LogP contribution in [0.5, 0.6) is 0 Å². The number of nitriles is 1. The second-order valence-electron chi connectivity index (χ2n) is 8.68. The molecule has 202 valence electrons. The van der Waals surface area contributed by atoms with Crippen molar-refractivity contribution in [1.29, 1.82) is 10.7 Å². The molecule has 0 aliphatic carbocycles. The fourth-order valence-corrected chi connectivity index (χ4v) is 3.97. The van der Waals surface area contributed by atoms with Gasteiger partial charge in [0.15, 0.2) is 6.29 Å². The predicted molar refractivity (Wildman–Crippen MR) is 150 cm³/mol. The van der Waals surface area contributed by atoms with Crippen LogP contribution in [0.25, 0.3) is 5.57 Å². The van der Waals surface area contributed by atoms with E-state index in [1.807, 2.05) is 19.1 Å². The van der Waals surface area contributed by atoms with E-state index in [1.54, 1.807) is 46.4 Å². The average molecular weight is 520 g/mol. The van der Waals surface area contributed by atoms with Gasteiger partial charge < -0.3 is 26.1 Å². The Hall–Kier alpha value is -4.23. The summed E-state index contributed by atoms with van der Waals surface area (Å²) in [7, 11) is 3.33. The highest BCUT2D eigenvalue weighted by atomic mass is 16.5. The maximum Gasteiger partial charge on any atom is 0.327 e. The number of pyridine rings is 1. The zero-order valence-corrected chi connectivity index (χ0v) is 22.8. The van der Waals surface area contributed by atoms with Crippen LogP contribution in [0.15, 0.2) is 47.5 Å². The van der Waals surface area contributed by atoms with E-state index in [2.05, 4.69) is 27.0 Å². The molecule has 0 aromatic carbocycles. The van der Waals surface area contributed by atoms with Crippen LogP contribution in [0.2, 0.25) is 0 Å². The first-order valence-corrected chi connectivity index (χ1v) is 12.5. The SMILES string of the molecule is CC/C=C/C(C#N)=C(\C=C(/C)NC(=O)N1CCCc2cc(/C(=C/NC)C(C)=N)c(C=O)nc21)NCCOC. The van der Waals surface area contributed by atoms with Gasteiger partial charge in [0, 0.05) is 56.0 Å². The molecule has 4 N–H and O–H groups in total. The van der Waals surface area contributed by atoms with Gasteiger partial charge in [0.1, 0.15) is 17.6 Å². The van der Waals surface area contributed by atoms with E-state index in [4.69, 9.17) is 10.1 Å². The van der Waals surface area contributed by atoms with Gasteiger partial charge in [-0.1, -0.05) is 13.0 Å². The summed E-state index contributed by atoms with van der Waals surface area (Å²) in [4.78, 5) is 31.3. The summed E-state index contributed by atoms with van der Waals surface area (Å²) in [6.07, 6.45) is 9.87. The summed E-state index contributed by atoms with van der Waals surface area (Å²) in [6.45, 7) is 6.77. The summed E-state index contributed by atoms with van der Waals surface area (Å²) < 4.78 is 5.10. The maximum absolute atomic E-state index is 13.3. The van der Waals surface area contributed by atoms with Gasteiger partial charge in [-0.2, -0.15) is 5.26 Å². The zero-order chi connectivity index (χ0) is 28.1. The third-order valence-electron chi connectivity index (χ3n) is 5.75. The highest BCUT2D eigenvalue weighted by Crippen LogP contribution is 2.30. The molecule has 0 atom stereocenters. The molecule has 10 nitrogen and oxygen atoms in total. The Morgan fingerprint density at radius 3 is 2.74 bits per heavy atom. The molecule has 0 fully saturated rings. The highest BCUT2D eigenvalue weighted by molar-refractivity contribution is 6.22. The fraction of sp³-hybridized carbons (Fsp3) is 0.393. The summed E-state index contributed by atoms with van der Waals surface area (Å²) in [6, 6.07) is 3.66. The lowest BCUT2D eigenvalue weighted by Gasteiger charge is -2.29. The minimum absolute atomic E-state index is 0.165. The van der Waals surface area contributed by atoms with E-state index in [1.165, 1.54) is 4.90 Å². The standard InChI is InChI=1S/C28H37N7O3/c1-6-7-9-22(16-29)25(32-11-13-38-5)14-19(2)33-28(37)35-12-8-10-21-15-23(24(17-31-4)20(3)30)26(18-36)34-27(21)35/h7,9,14-15,17-18,30-32H,6,8,10-13H2,1-5H3,(H,33,37)/b9-7+,19-14+,24-17+,25-22-,30-20?. The number of allylic oxidation sites excluding steroid dienone is 6. The van der Waals surface area contributed by atoms with Crippen molar-refractivity contribution in [2.75, 3.05) is 38.8 Å². The van der Waals surface area contributed by atoms with Gasteiger partial charge >= 0.3 is 6.03 Å². The van der Waals surface area contributed by atoms with E-state index in [0.717, 1.165) is 18.4 Å². The summed E-state index contributed by atoms with van der Waals surface area (Å²) in [5.74, 6) is 0.427. The molecular weight excluding hydrogens is 482 g/mol. The Morgan fingerprint density at radius 1 is 1.37 bits per heavy atom. The number of methoxy groups -OCH3 is 1. The zero-order valence-electron chi connectivity index (χ0n) is 22.8. The number of amides is 2. The first kappa shape index (κ1) is 30.0. The molecule has 10 heteroatoms. The van der Waals surface area contributed by atoms with Crippen molar-refractivity contribution in [3.05, 3.63) is 64.3 Å². The van der Waals surface area contributed by atoms with Crippen LogP contribution < -0.4 is 20.9 Å². The Bertz CT molecular complexity index is 1210. The van der Waals surface area contributed by atoms with Crippen molar-refractivity contribution in [3.8, 4) is 6.07 Å².